The molecule has 1 aliphatic heterocycles. The van der Waals surface area contributed by atoms with Gasteiger partial charge < -0.3 is 19.8 Å². The summed E-state index contributed by atoms with van der Waals surface area (Å²) in [5, 5.41) is 0. The van der Waals surface area contributed by atoms with Crippen molar-refractivity contribution in [1.82, 2.24) is 4.98 Å². The third-order valence-electron chi connectivity index (χ3n) is 5.04. The van der Waals surface area contributed by atoms with Gasteiger partial charge in [-0.05, 0) is 59.1 Å². The molecule has 1 aromatic rings. The lowest BCUT2D eigenvalue weighted by Gasteiger charge is -2.32. The fourth-order valence-electron chi connectivity index (χ4n) is 3.09. The Bertz CT molecular complexity index is 650. The fourth-order valence-corrected chi connectivity index (χ4v) is 3.09. The van der Waals surface area contributed by atoms with E-state index < -0.39 is 36.0 Å². The fraction of sp³-hybridized carbons (Fsp3) is 0.737. The molecule has 1 aromatic heterocycles. The Hall–Kier alpha value is -1.25. The highest BCUT2D eigenvalue weighted by molar-refractivity contribution is 6.61. The Labute approximate surface area is 161 Å². The Kier molecular flexibility index (Phi) is 6.24. The van der Waals surface area contributed by atoms with Gasteiger partial charge in [-0.2, -0.15) is 0 Å². The summed E-state index contributed by atoms with van der Waals surface area (Å²) in [7, 11) is -0.803. The molecule has 27 heavy (non-hydrogen) atoms. The molecule has 0 spiro atoms. The molecule has 0 aliphatic carbocycles. The second kappa shape index (κ2) is 7.64. The monoisotopic (exact) mass is 384 g/mol. The van der Waals surface area contributed by atoms with E-state index in [9.17, 15) is 8.78 Å². The highest BCUT2D eigenvalue weighted by atomic mass is 19.3. The molecule has 2 N–H and O–H groups in total. The zero-order valence-corrected chi connectivity index (χ0v) is 17.3. The van der Waals surface area contributed by atoms with E-state index in [1.165, 1.54) is 6.07 Å². The minimum absolute atomic E-state index is 0.0331. The number of aromatic nitrogens is 1. The molecule has 1 aliphatic rings. The van der Waals surface area contributed by atoms with Crippen molar-refractivity contribution in [3.05, 3.63) is 17.8 Å². The molecule has 0 bridgehead atoms. The third kappa shape index (κ3) is 5.18. The van der Waals surface area contributed by atoms with Gasteiger partial charge in [0, 0.05) is 5.54 Å². The second-order valence-corrected chi connectivity index (χ2v) is 9.05. The van der Waals surface area contributed by atoms with E-state index in [1.54, 1.807) is 6.07 Å². The number of nitrogens with zero attached hydrogens (tertiary/aromatic N) is 1. The van der Waals surface area contributed by atoms with E-state index in [4.69, 9.17) is 19.8 Å². The van der Waals surface area contributed by atoms with Crippen LogP contribution in [0, 0.1) is 5.92 Å². The lowest BCUT2D eigenvalue weighted by Crippen LogP contribution is -2.43. The van der Waals surface area contributed by atoms with E-state index in [1.807, 2.05) is 34.6 Å². The van der Waals surface area contributed by atoms with Crippen LogP contribution in [-0.2, 0) is 9.31 Å². The molecule has 0 amide bonds. The molecule has 0 saturated carbocycles. The molecule has 0 unspecified atom stereocenters. The molecule has 1 fully saturated rings. The minimum Gasteiger partial charge on any atom is -0.490 e. The van der Waals surface area contributed by atoms with E-state index in [-0.39, 0.29) is 12.4 Å². The van der Waals surface area contributed by atoms with Gasteiger partial charge in [0.15, 0.2) is 0 Å². The summed E-state index contributed by atoms with van der Waals surface area (Å²) < 4.78 is 44.5. The summed E-state index contributed by atoms with van der Waals surface area (Å²) in [5.41, 5.74) is 4.32. The normalized spacial score (nSPS) is 21.0. The molecule has 0 aromatic carbocycles. The predicted octanol–water partition coefficient (Wildman–Crippen LogP) is 3.46. The largest absolute Gasteiger partial charge is 0.514 e. The van der Waals surface area contributed by atoms with E-state index in [0.717, 1.165) is 6.42 Å². The smallest absolute Gasteiger partial charge is 0.490 e. The van der Waals surface area contributed by atoms with Crippen molar-refractivity contribution in [2.45, 2.75) is 78.1 Å². The molecule has 2 heterocycles. The Morgan fingerprint density at radius 2 is 1.74 bits per heavy atom. The van der Waals surface area contributed by atoms with Crippen molar-refractivity contribution in [3.8, 4) is 5.75 Å². The average Bonchev–Trinajstić information content (AvgIpc) is 2.72. The van der Waals surface area contributed by atoms with Gasteiger partial charge in [0.1, 0.15) is 18.1 Å². The van der Waals surface area contributed by atoms with Crippen LogP contribution >= 0.6 is 0 Å². The zero-order chi connectivity index (χ0) is 20.6. The van der Waals surface area contributed by atoms with Crippen LogP contribution in [-0.4, -0.2) is 35.5 Å². The summed E-state index contributed by atoms with van der Waals surface area (Å²) in [5.74, 6) is 0.410. The zero-order valence-electron chi connectivity index (χ0n) is 17.3. The molecule has 0 radical (unpaired) electrons. The predicted molar refractivity (Wildman–Crippen MR) is 102 cm³/mol. The number of hydrogen-bond acceptors (Lipinski definition) is 5. The van der Waals surface area contributed by atoms with Gasteiger partial charge in [-0.3, -0.25) is 4.98 Å². The van der Waals surface area contributed by atoms with Crippen LogP contribution in [0.15, 0.2) is 12.1 Å². The highest BCUT2D eigenvalue weighted by Gasteiger charge is 2.52. The molecule has 5 nitrogen and oxygen atoms in total. The van der Waals surface area contributed by atoms with Gasteiger partial charge in [0.05, 0.1) is 16.8 Å². The summed E-state index contributed by atoms with van der Waals surface area (Å²) >= 11 is 0. The van der Waals surface area contributed by atoms with Crippen LogP contribution in [0.25, 0.3) is 0 Å². The SMILES string of the molecule is CC(C)C[C@](C)(N)COc1ccc(B2OC(C)(C)C(C)(C)O2)nc1C(F)F. The quantitative estimate of drug-likeness (QED) is 0.730. The Balaban J connectivity index is 2.20. The van der Waals surface area contributed by atoms with Gasteiger partial charge in [-0.15, -0.1) is 0 Å². The van der Waals surface area contributed by atoms with Gasteiger partial charge in [-0.25, -0.2) is 8.78 Å². The first kappa shape index (κ1) is 22.0. The number of ether oxygens (including phenoxy) is 1. The van der Waals surface area contributed by atoms with Crippen LogP contribution in [0.4, 0.5) is 8.78 Å². The van der Waals surface area contributed by atoms with Crippen LogP contribution in [0.5, 0.6) is 5.75 Å². The van der Waals surface area contributed by atoms with Gasteiger partial charge in [-0.1, -0.05) is 13.8 Å². The van der Waals surface area contributed by atoms with Crippen molar-refractivity contribution in [1.29, 1.82) is 0 Å². The van der Waals surface area contributed by atoms with E-state index >= 15 is 0 Å². The molecule has 2 rings (SSSR count). The number of halogens is 2. The van der Waals surface area contributed by atoms with Gasteiger partial charge in [0.2, 0.25) is 0 Å². The summed E-state index contributed by atoms with van der Waals surface area (Å²) in [4.78, 5) is 4.08. The van der Waals surface area contributed by atoms with Crippen molar-refractivity contribution in [3.63, 3.8) is 0 Å². The first-order valence-corrected chi connectivity index (χ1v) is 9.30. The van der Waals surface area contributed by atoms with Crippen LogP contribution in [0.3, 0.4) is 0 Å². The number of nitrogens with two attached hydrogens (primary N) is 1. The number of alkyl halides is 2. The lowest BCUT2D eigenvalue weighted by atomic mass is 9.84. The lowest BCUT2D eigenvalue weighted by molar-refractivity contribution is 0.00578. The van der Waals surface area contributed by atoms with E-state index in [2.05, 4.69) is 18.8 Å². The number of rotatable bonds is 7. The maximum Gasteiger partial charge on any atom is 0.514 e. The first-order valence-electron chi connectivity index (χ1n) is 9.30. The topological polar surface area (TPSA) is 66.6 Å². The maximum absolute atomic E-state index is 13.6. The first-order chi connectivity index (χ1) is 12.2. The Morgan fingerprint density at radius 3 is 2.22 bits per heavy atom. The van der Waals surface area contributed by atoms with Crippen molar-refractivity contribution in [2.75, 3.05) is 6.61 Å². The molecule has 1 atom stereocenters. The van der Waals surface area contributed by atoms with Crippen molar-refractivity contribution in [2.24, 2.45) is 11.7 Å². The summed E-state index contributed by atoms with van der Waals surface area (Å²) in [6.45, 7) is 13.7. The summed E-state index contributed by atoms with van der Waals surface area (Å²) in [6, 6.07) is 3.08. The number of hydrogen-bond donors (Lipinski definition) is 1. The van der Waals surface area contributed by atoms with Gasteiger partial charge in [0.25, 0.3) is 6.43 Å². The second-order valence-electron chi connectivity index (χ2n) is 9.05. The molecular formula is C19H31BF2N2O3. The van der Waals surface area contributed by atoms with Crippen molar-refractivity contribution < 1.29 is 22.8 Å². The number of pyridine rings is 1. The highest BCUT2D eigenvalue weighted by Crippen LogP contribution is 2.36. The van der Waals surface area contributed by atoms with Crippen LogP contribution in [0.2, 0.25) is 0 Å². The summed E-state index contributed by atoms with van der Waals surface area (Å²) in [6.07, 6.45) is -2.06. The van der Waals surface area contributed by atoms with Gasteiger partial charge >= 0.3 is 7.12 Å². The minimum atomic E-state index is -2.78. The van der Waals surface area contributed by atoms with Crippen LogP contribution in [0.1, 0.15) is 67.0 Å². The molecular weight excluding hydrogens is 353 g/mol. The molecule has 8 heteroatoms. The molecule has 1 saturated heterocycles. The van der Waals surface area contributed by atoms with E-state index in [0.29, 0.717) is 11.5 Å². The standard InChI is InChI=1S/C19H31BF2N2O3/c1-12(2)10-19(7,23)11-25-13-8-9-14(24-15(13)16(21)22)20-26-17(3,4)18(5,6)27-20/h8-9,12,16H,10-11,23H2,1-7H3/t19-/m0/s1. The third-order valence-corrected chi connectivity index (χ3v) is 5.04. The Morgan fingerprint density at radius 1 is 1.19 bits per heavy atom. The van der Waals surface area contributed by atoms with Crippen molar-refractivity contribution >= 4 is 12.7 Å². The molecule has 152 valence electrons. The van der Waals surface area contributed by atoms with Crippen LogP contribution < -0.4 is 16.1 Å². The maximum atomic E-state index is 13.6. The average molecular weight is 384 g/mol.